The number of hydrogen-bond donors (Lipinski definition) is 3. The third-order valence-electron chi connectivity index (χ3n) is 4.61. The van der Waals surface area contributed by atoms with Crippen LogP contribution in [-0.4, -0.2) is 44.0 Å². The van der Waals surface area contributed by atoms with E-state index in [9.17, 15) is 15.3 Å². The molecule has 0 spiro atoms. The van der Waals surface area contributed by atoms with Crippen molar-refractivity contribution in [1.82, 2.24) is 4.90 Å². The van der Waals surface area contributed by atoms with Gasteiger partial charge in [-0.05, 0) is 44.8 Å². The van der Waals surface area contributed by atoms with Crippen molar-refractivity contribution in [3.8, 4) is 0 Å². The Labute approximate surface area is 125 Å². The van der Waals surface area contributed by atoms with E-state index in [4.69, 9.17) is 0 Å². The lowest BCUT2D eigenvalue weighted by molar-refractivity contribution is -0.0514. The average molecular weight is 289 g/mol. The summed E-state index contributed by atoms with van der Waals surface area (Å²) in [6.45, 7) is 3.57. The Morgan fingerprint density at radius 1 is 1.43 bits per heavy atom. The van der Waals surface area contributed by atoms with Gasteiger partial charge in [-0.1, -0.05) is 23.8 Å². The molecule has 3 rings (SSSR count). The summed E-state index contributed by atoms with van der Waals surface area (Å²) >= 11 is 0. The lowest BCUT2D eigenvalue weighted by atomic mass is 9.90. The zero-order valence-electron chi connectivity index (χ0n) is 12.5. The first-order valence-corrected chi connectivity index (χ1v) is 7.53. The molecule has 4 heteroatoms. The Morgan fingerprint density at radius 2 is 2.14 bits per heavy atom. The van der Waals surface area contributed by atoms with Gasteiger partial charge in [-0.15, -0.1) is 0 Å². The summed E-state index contributed by atoms with van der Waals surface area (Å²) in [7, 11) is 0. The summed E-state index contributed by atoms with van der Waals surface area (Å²) in [6.07, 6.45) is 12.9. The van der Waals surface area contributed by atoms with Gasteiger partial charge in [0.15, 0.2) is 0 Å². The number of fused-ring (bicyclic) bond motifs is 1. The monoisotopic (exact) mass is 289 g/mol. The van der Waals surface area contributed by atoms with Crippen molar-refractivity contribution >= 4 is 0 Å². The standard InChI is InChI=1S/C17H23NO3/c1-11(5-6-12-7-8-12)10-13-16(20)17(2,21)15-14(19)4-3-9-18(13)15/h3-6,9-10,12-13,15-16,19-21H,7-8H2,1-2H3. The van der Waals surface area contributed by atoms with E-state index in [2.05, 4.69) is 12.2 Å². The van der Waals surface area contributed by atoms with Crippen molar-refractivity contribution in [3.05, 3.63) is 47.9 Å². The molecule has 4 nitrogen and oxygen atoms in total. The number of hydrogen-bond acceptors (Lipinski definition) is 4. The number of aliphatic hydroxyl groups is 3. The highest BCUT2D eigenvalue weighted by atomic mass is 16.4. The highest BCUT2D eigenvalue weighted by molar-refractivity contribution is 5.33. The van der Waals surface area contributed by atoms with Gasteiger partial charge in [0.1, 0.15) is 23.5 Å². The molecule has 0 aromatic carbocycles. The summed E-state index contributed by atoms with van der Waals surface area (Å²) in [4.78, 5) is 1.83. The van der Waals surface area contributed by atoms with E-state index >= 15 is 0 Å². The largest absolute Gasteiger partial charge is 0.510 e. The molecule has 0 amide bonds. The van der Waals surface area contributed by atoms with Crippen LogP contribution in [-0.2, 0) is 0 Å². The Kier molecular flexibility index (Phi) is 3.46. The van der Waals surface area contributed by atoms with Crippen LogP contribution >= 0.6 is 0 Å². The molecule has 2 heterocycles. The Bertz CT molecular complexity index is 540. The van der Waals surface area contributed by atoms with Crippen molar-refractivity contribution in [2.75, 3.05) is 0 Å². The number of rotatable bonds is 3. The summed E-state index contributed by atoms with van der Waals surface area (Å²) in [5.41, 5.74) is -0.322. The minimum Gasteiger partial charge on any atom is -0.510 e. The maximum atomic E-state index is 10.6. The van der Waals surface area contributed by atoms with E-state index in [0.717, 1.165) is 5.57 Å². The fourth-order valence-corrected chi connectivity index (χ4v) is 3.19. The van der Waals surface area contributed by atoms with Crippen LogP contribution in [0.5, 0.6) is 0 Å². The van der Waals surface area contributed by atoms with Gasteiger partial charge in [0.25, 0.3) is 0 Å². The van der Waals surface area contributed by atoms with Crippen molar-refractivity contribution in [2.45, 2.75) is 50.5 Å². The molecule has 0 aromatic rings. The van der Waals surface area contributed by atoms with E-state index in [1.165, 1.54) is 12.8 Å². The zero-order valence-corrected chi connectivity index (χ0v) is 12.5. The summed E-state index contributed by atoms with van der Waals surface area (Å²) in [6, 6.07) is -0.945. The molecule has 0 bridgehead atoms. The molecule has 3 aliphatic rings. The fourth-order valence-electron chi connectivity index (χ4n) is 3.19. The molecule has 1 aliphatic carbocycles. The lowest BCUT2D eigenvalue weighted by Gasteiger charge is -2.32. The van der Waals surface area contributed by atoms with Crippen molar-refractivity contribution < 1.29 is 15.3 Å². The van der Waals surface area contributed by atoms with Crippen LogP contribution in [0.3, 0.4) is 0 Å². The second-order valence-corrected chi connectivity index (χ2v) is 6.55. The van der Waals surface area contributed by atoms with Crippen LogP contribution in [0.4, 0.5) is 0 Å². The topological polar surface area (TPSA) is 63.9 Å². The van der Waals surface area contributed by atoms with Crippen LogP contribution in [0.15, 0.2) is 47.9 Å². The normalized spacial score (nSPS) is 39.8. The Hall–Kier alpha value is -1.52. The average Bonchev–Trinajstić information content (AvgIpc) is 3.22. The predicted octanol–water partition coefficient (Wildman–Crippen LogP) is 2.03. The van der Waals surface area contributed by atoms with Crippen molar-refractivity contribution in [3.63, 3.8) is 0 Å². The lowest BCUT2D eigenvalue weighted by Crippen LogP contribution is -2.47. The molecule has 0 radical (unpaired) electrons. The van der Waals surface area contributed by atoms with Crippen LogP contribution in [0.1, 0.15) is 26.7 Å². The quantitative estimate of drug-likeness (QED) is 0.696. The Morgan fingerprint density at radius 3 is 2.81 bits per heavy atom. The predicted molar refractivity (Wildman–Crippen MR) is 81.5 cm³/mol. The molecular weight excluding hydrogens is 266 g/mol. The number of aliphatic hydroxyl groups excluding tert-OH is 2. The van der Waals surface area contributed by atoms with Crippen LogP contribution in [0, 0.1) is 5.92 Å². The van der Waals surface area contributed by atoms with E-state index in [1.54, 1.807) is 19.1 Å². The molecule has 2 fully saturated rings. The van der Waals surface area contributed by atoms with Gasteiger partial charge in [0.05, 0.1) is 6.04 Å². The van der Waals surface area contributed by atoms with E-state index in [0.29, 0.717) is 5.92 Å². The zero-order chi connectivity index (χ0) is 15.2. The molecule has 21 heavy (non-hydrogen) atoms. The maximum Gasteiger partial charge on any atom is 0.118 e. The summed E-state index contributed by atoms with van der Waals surface area (Å²) in [5.74, 6) is 0.795. The van der Waals surface area contributed by atoms with Crippen molar-refractivity contribution in [1.29, 1.82) is 0 Å². The van der Waals surface area contributed by atoms with Gasteiger partial charge >= 0.3 is 0 Å². The highest BCUT2D eigenvalue weighted by Crippen LogP contribution is 2.39. The molecular formula is C17H23NO3. The SMILES string of the molecule is CC(C=CC1CC1)=CC1C(O)C(C)(O)C2C(O)=CC=CN12. The summed E-state index contributed by atoms with van der Waals surface area (Å²) in [5, 5.41) is 31.1. The van der Waals surface area contributed by atoms with Gasteiger partial charge in [0, 0.05) is 6.20 Å². The minimum absolute atomic E-state index is 0.0867. The van der Waals surface area contributed by atoms with E-state index in [1.807, 2.05) is 24.1 Å². The second kappa shape index (κ2) is 5.04. The highest BCUT2D eigenvalue weighted by Gasteiger charge is 2.56. The molecule has 1 saturated carbocycles. The smallest absolute Gasteiger partial charge is 0.118 e. The minimum atomic E-state index is -1.38. The third-order valence-corrected chi connectivity index (χ3v) is 4.61. The van der Waals surface area contributed by atoms with Crippen LogP contribution in [0.2, 0.25) is 0 Å². The summed E-state index contributed by atoms with van der Waals surface area (Å²) < 4.78 is 0. The fraction of sp³-hybridized carbons (Fsp3) is 0.529. The first-order chi connectivity index (χ1) is 9.91. The van der Waals surface area contributed by atoms with Gasteiger partial charge in [0.2, 0.25) is 0 Å². The Balaban J connectivity index is 1.86. The molecule has 114 valence electrons. The first kappa shape index (κ1) is 14.4. The molecule has 3 N–H and O–H groups in total. The third kappa shape index (κ3) is 2.54. The maximum absolute atomic E-state index is 10.6. The molecule has 2 aliphatic heterocycles. The number of nitrogens with zero attached hydrogens (tertiary/aromatic N) is 1. The number of allylic oxidation sites excluding steroid dienone is 5. The van der Waals surface area contributed by atoms with E-state index < -0.39 is 17.7 Å². The van der Waals surface area contributed by atoms with Crippen molar-refractivity contribution in [2.24, 2.45) is 5.92 Å². The van der Waals surface area contributed by atoms with Gasteiger partial charge in [-0.2, -0.15) is 0 Å². The van der Waals surface area contributed by atoms with Crippen LogP contribution in [0.25, 0.3) is 0 Å². The van der Waals surface area contributed by atoms with Gasteiger partial charge in [-0.3, -0.25) is 0 Å². The van der Waals surface area contributed by atoms with Gasteiger partial charge < -0.3 is 20.2 Å². The molecule has 4 atom stereocenters. The van der Waals surface area contributed by atoms with Gasteiger partial charge in [-0.25, -0.2) is 0 Å². The molecule has 0 aromatic heterocycles. The van der Waals surface area contributed by atoms with Crippen LogP contribution < -0.4 is 0 Å². The first-order valence-electron chi connectivity index (χ1n) is 7.53. The molecule has 1 saturated heterocycles. The van der Waals surface area contributed by atoms with E-state index in [-0.39, 0.29) is 11.8 Å². The molecule has 4 unspecified atom stereocenters. The second-order valence-electron chi connectivity index (χ2n) is 6.55.